The van der Waals surface area contributed by atoms with Crippen LogP contribution in [0.15, 0.2) is 11.4 Å². The monoisotopic (exact) mass is 281 g/mol. The van der Waals surface area contributed by atoms with Gasteiger partial charge in [-0.3, -0.25) is 0 Å². The second kappa shape index (κ2) is 6.95. The summed E-state index contributed by atoms with van der Waals surface area (Å²) < 4.78 is 0. The zero-order valence-corrected chi connectivity index (χ0v) is 12.5. The Morgan fingerprint density at radius 2 is 2.22 bits per heavy atom. The van der Waals surface area contributed by atoms with Crippen molar-refractivity contribution in [2.75, 3.05) is 17.6 Å². The molecule has 0 aliphatic heterocycles. The Balaban J connectivity index is 2.12. The largest absolute Gasteiger partial charge is 0.370 e. The molecule has 3 nitrogen and oxygen atoms in total. The highest BCUT2D eigenvalue weighted by Crippen LogP contribution is 2.26. The number of fused-ring (bicyclic) bond motifs is 1. The second-order valence-electron chi connectivity index (χ2n) is 4.06. The standard InChI is InChI=1S/C13H19N3S2/c1-3-5-7-17-9-11-15-12(14-4-2)10-6-8-18-13(10)16-11/h6,8H,3-5,7,9H2,1-2H3,(H,14,15,16). The van der Waals surface area contributed by atoms with Crippen LogP contribution >= 0.6 is 23.1 Å². The zero-order valence-electron chi connectivity index (χ0n) is 10.9. The molecule has 5 heteroatoms. The van der Waals surface area contributed by atoms with Crippen LogP contribution in [0.3, 0.4) is 0 Å². The zero-order chi connectivity index (χ0) is 12.8. The fraction of sp³-hybridized carbons (Fsp3) is 0.538. The van der Waals surface area contributed by atoms with Gasteiger partial charge in [-0.2, -0.15) is 11.8 Å². The Bertz CT molecular complexity index is 496. The van der Waals surface area contributed by atoms with Crippen LogP contribution < -0.4 is 5.32 Å². The van der Waals surface area contributed by atoms with E-state index in [2.05, 4.69) is 40.6 Å². The van der Waals surface area contributed by atoms with Crippen molar-refractivity contribution < 1.29 is 0 Å². The Kier molecular flexibility index (Phi) is 5.26. The normalized spacial score (nSPS) is 11.0. The van der Waals surface area contributed by atoms with Gasteiger partial charge in [0.05, 0.1) is 11.1 Å². The third-order valence-corrected chi connectivity index (χ3v) is 4.44. The summed E-state index contributed by atoms with van der Waals surface area (Å²) in [5.74, 6) is 4.03. The lowest BCUT2D eigenvalue weighted by atomic mass is 10.3. The molecule has 0 bridgehead atoms. The number of hydrogen-bond acceptors (Lipinski definition) is 5. The van der Waals surface area contributed by atoms with Crippen molar-refractivity contribution >= 4 is 39.1 Å². The highest BCUT2D eigenvalue weighted by molar-refractivity contribution is 7.98. The van der Waals surface area contributed by atoms with Gasteiger partial charge in [0.15, 0.2) is 0 Å². The van der Waals surface area contributed by atoms with Crippen molar-refractivity contribution in [1.82, 2.24) is 9.97 Å². The van der Waals surface area contributed by atoms with Crippen molar-refractivity contribution in [3.8, 4) is 0 Å². The lowest BCUT2D eigenvalue weighted by Crippen LogP contribution is -2.03. The first-order chi connectivity index (χ1) is 8.85. The van der Waals surface area contributed by atoms with Crippen LogP contribution in [0.4, 0.5) is 5.82 Å². The van der Waals surface area contributed by atoms with E-state index in [4.69, 9.17) is 0 Å². The number of thioether (sulfide) groups is 1. The first-order valence-corrected chi connectivity index (χ1v) is 8.44. The van der Waals surface area contributed by atoms with Gasteiger partial charge < -0.3 is 5.32 Å². The first kappa shape index (κ1) is 13.6. The lowest BCUT2D eigenvalue weighted by molar-refractivity contribution is 0.895. The fourth-order valence-electron chi connectivity index (χ4n) is 1.68. The van der Waals surface area contributed by atoms with Crippen LogP contribution in [0, 0.1) is 0 Å². The minimum Gasteiger partial charge on any atom is -0.370 e. The molecule has 0 saturated heterocycles. The molecule has 2 rings (SSSR count). The van der Waals surface area contributed by atoms with E-state index in [1.54, 1.807) is 11.3 Å². The molecule has 0 amide bonds. The number of rotatable bonds is 7. The molecule has 98 valence electrons. The number of nitrogens with one attached hydrogen (secondary N) is 1. The Hall–Kier alpha value is -0.810. The van der Waals surface area contributed by atoms with E-state index in [0.717, 1.165) is 34.2 Å². The van der Waals surface area contributed by atoms with Gasteiger partial charge in [0, 0.05) is 6.54 Å². The van der Waals surface area contributed by atoms with Crippen molar-refractivity contribution in [2.45, 2.75) is 32.4 Å². The summed E-state index contributed by atoms with van der Waals surface area (Å²) in [5.41, 5.74) is 0. The third-order valence-electron chi connectivity index (χ3n) is 2.59. The van der Waals surface area contributed by atoms with Gasteiger partial charge in [-0.05, 0) is 30.5 Å². The summed E-state index contributed by atoms with van der Waals surface area (Å²) in [6, 6.07) is 2.09. The average Bonchev–Trinajstić information content (AvgIpc) is 2.83. The smallest absolute Gasteiger partial charge is 0.142 e. The summed E-state index contributed by atoms with van der Waals surface area (Å²) in [4.78, 5) is 10.3. The maximum absolute atomic E-state index is 4.62. The van der Waals surface area contributed by atoms with E-state index in [9.17, 15) is 0 Å². The molecule has 0 saturated carbocycles. The molecular formula is C13H19N3S2. The summed E-state index contributed by atoms with van der Waals surface area (Å²) in [5, 5.41) is 6.55. The SMILES string of the molecule is CCCCSCc1nc(NCC)c2ccsc2n1. The van der Waals surface area contributed by atoms with Crippen molar-refractivity contribution in [3.05, 3.63) is 17.3 Å². The van der Waals surface area contributed by atoms with Crippen LogP contribution in [-0.4, -0.2) is 22.3 Å². The van der Waals surface area contributed by atoms with Crippen molar-refractivity contribution in [2.24, 2.45) is 0 Å². The summed E-state index contributed by atoms with van der Waals surface area (Å²) in [6.07, 6.45) is 2.52. The van der Waals surface area contributed by atoms with Gasteiger partial charge in [0.25, 0.3) is 0 Å². The molecule has 0 radical (unpaired) electrons. The van der Waals surface area contributed by atoms with Gasteiger partial charge in [-0.1, -0.05) is 13.3 Å². The quantitative estimate of drug-likeness (QED) is 0.773. The number of thiophene rings is 1. The molecule has 0 fully saturated rings. The van der Waals surface area contributed by atoms with Crippen LogP contribution in [0.5, 0.6) is 0 Å². The molecule has 18 heavy (non-hydrogen) atoms. The number of nitrogens with zero attached hydrogens (tertiary/aromatic N) is 2. The van der Waals surface area contributed by atoms with E-state index in [1.807, 2.05) is 11.8 Å². The summed E-state index contributed by atoms with van der Waals surface area (Å²) in [6.45, 7) is 5.21. The molecule has 2 aromatic rings. The van der Waals surface area contributed by atoms with E-state index >= 15 is 0 Å². The minimum atomic E-state index is 0.893. The highest BCUT2D eigenvalue weighted by atomic mass is 32.2. The molecule has 0 aliphatic carbocycles. The van der Waals surface area contributed by atoms with Crippen molar-refractivity contribution in [1.29, 1.82) is 0 Å². The van der Waals surface area contributed by atoms with Crippen LogP contribution in [-0.2, 0) is 5.75 Å². The van der Waals surface area contributed by atoms with Gasteiger partial charge in [0.1, 0.15) is 16.5 Å². The number of unbranched alkanes of at least 4 members (excludes halogenated alkanes) is 1. The molecule has 0 spiro atoms. The Morgan fingerprint density at radius 1 is 1.33 bits per heavy atom. The van der Waals surface area contributed by atoms with E-state index in [0.29, 0.717) is 0 Å². The maximum atomic E-state index is 4.62. The van der Waals surface area contributed by atoms with Gasteiger partial charge in [-0.15, -0.1) is 11.3 Å². The maximum Gasteiger partial charge on any atom is 0.142 e. The van der Waals surface area contributed by atoms with Crippen molar-refractivity contribution in [3.63, 3.8) is 0 Å². The Morgan fingerprint density at radius 3 is 3.00 bits per heavy atom. The predicted octanol–water partition coefficient (Wildman–Crippen LogP) is 4.16. The topological polar surface area (TPSA) is 37.8 Å². The highest BCUT2D eigenvalue weighted by Gasteiger charge is 2.08. The van der Waals surface area contributed by atoms with Gasteiger partial charge in [-0.25, -0.2) is 9.97 Å². The van der Waals surface area contributed by atoms with Crippen LogP contribution in [0.25, 0.3) is 10.2 Å². The molecule has 0 unspecified atom stereocenters. The first-order valence-electron chi connectivity index (χ1n) is 6.40. The average molecular weight is 281 g/mol. The summed E-state index contributed by atoms with van der Waals surface area (Å²) in [7, 11) is 0. The third kappa shape index (κ3) is 3.36. The van der Waals surface area contributed by atoms with Crippen LogP contribution in [0.2, 0.25) is 0 Å². The second-order valence-corrected chi connectivity index (χ2v) is 6.06. The van der Waals surface area contributed by atoms with Crippen LogP contribution in [0.1, 0.15) is 32.5 Å². The molecule has 0 aliphatic rings. The Labute approximate surface area is 116 Å². The number of aromatic nitrogens is 2. The molecule has 2 heterocycles. The number of anilines is 1. The van der Waals surface area contributed by atoms with E-state index < -0.39 is 0 Å². The lowest BCUT2D eigenvalue weighted by Gasteiger charge is -2.06. The molecular weight excluding hydrogens is 262 g/mol. The van der Waals surface area contributed by atoms with E-state index in [-0.39, 0.29) is 0 Å². The predicted molar refractivity (Wildman–Crippen MR) is 82.6 cm³/mol. The molecule has 2 aromatic heterocycles. The summed E-state index contributed by atoms with van der Waals surface area (Å²) >= 11 is 3.61. The molecule has 0 atom stereocenters. The fourth-order valence-corrected chi connectivity index (χ4v) is 3.41. The number of hydrogen-bond donors (Lipinski definition) is 1. The van der Waals surface area contributed by atoms with Gasteiger partial charge >= 0.3 is 0 Å². The minimum absolute atomic E-state index is 0.893. The molecule has 1 N–H and O–H groups in total. The van der Waals surface area contributed by atoms with Gasteiger partial charge in [0.2, 0.25) is 0 Å². The van der Waals surface area contributed by atoms with E-state index in [1.165, 1.54) is 18.6 Å². The molecule has 0 aromatic carbocycles.